The summed E-state index contributed by atoms with van der Waals surface area (Å²) in [7, 11) is 1.14. The summed E-state index contributed by atoms with van der Waals surface area (Å²) in [6.45, 7) is 1.36. The second-order valence-electron chi connectivity index (χ2n) is 4.76. The maximum absolute atomic E-state index is 12.3. The van der Waals surface area contributed by atoms with Crippen LogP contribution < -0.4 is 0 Å². The number of amides is 2. The maximum atomic E-state index is 12.3. The van der Waals surface area contributed by atoms with Crippen molar-refractivity contribution in [3.8, 4) is 5.75 Å². The third kappa shape index (κ3) is 3.23. The van der Waals surface area contributed by atoms with Crippen LogP contribution in [0.4, 0.5) is 10.5 Å². The monoisotopic (exact) mass is 352 g/mol. The van der Waals surface area contributed by atoms with Crippen LogP contribution in [-0.4, -0.2) is 45.2 Å². The molecule has 1 atom stereocenters. The molecule has 1 aliphatic heterocycles. The van der Waals surface area contributed by atoms with Gasteiger partial charge in [0, 0.05) is 6.07 Å². The van der Waals surface area contributed by atoms with Crippen LogP contribution in [0.25, 0.3) is 6.08 Å². The van der Waals surface area contributed by atoms with Gasteiger partial charge in [-0.15, -0.1) is 0 Å². The standard InChI is InChI=1S/C14H12N2O7S/c1-7(13(19)23-2)15-12(18)11(24-14(15)20)6-8-3-4-10(17)9(5-8)16(21)22/h3-7,17H,1-2H3/b11-6+/t7-/m0/s1. The zero-order valence-electron chi connectivity index (χ0n) is 12.6. The molecule has 1 saturated heterocycles. The minimum atomic E-state index is -1.08. The quantitative estimate of drug-likeness (QED) is 0.377. The lowest BCUT2D eigenvalue weighted by atomic mass is 10.1. The molecule has 2 rings (SSSR count). The molecule has 9 nitrogen and oxygen atoms in total. The summed E-state index contributed by atoms with van der Waals surface area (Å²) in [4.78, 5) is 46.6. The molecule has 1 aliphatic rings. The zero-order valence-corrected chi connectivity index (χ0v) is 13.4. The van der Waals surface area contributed by atoms with E-state index in [1.807, 2.05) is 0 Å². The molecule has 1 heterocycles. The molecule has 0 aliphatic carbocycles. The number of benzene rings is 1. The van der Waals surface area contributed by atoms with Gasteiger partial charge in [-0.1, -0.05) is 6.07 Å². The van der Waals surface area contributed by atoms with Gasteiger partial charge >= 0.3 is 11.7 Å². The number of methoxy groups -OCH3 is 1. The van der Waals surface area contributed by atoms with Crippen LogP contribution in [-0.2, 0) is 14.3 Å². The van der Waals surface area contributed by atoms with Gasteiger partial charge in [-0.25, -0.2) is 4.79 Å². The zero-order chi connectivity index (χ0) is 18.0. The lowest BCUT2D eigenvalue weighted by Gasteiger charge is -2.18. The molecule has 0 spiro atoms. The number of carbonyl (C=O) groups excluding carboxylic acids is 3. The minimum absolute atomic E-state index is 0.00995. The molecule has 0 bridgehead atoms. The third-order valence-corrected chi connectivity index (χ3v) is 4.13. The molecule has 1 aromatic rings. The van der Waals surface area contributed by atoms with Crippen molar-refractivity contribution in [2.75, 3.05) is 7.11 Å². The number of esters is 1. The van der Waals surface area contributed by atoms with E-state index in [0.29, 0.717) is 11.8 Å². The molecule has 1 N–H and O–H groups in total. The Kier molecular flexibility index (Phi) is 4.88. The van der Waals surface area contributed by atoms with Crippen molar-refractivity contribution in [3.05, 3.63) is 38.8 Å². The van der Waals surface area contributed by atoms with Crippen molar-refractivity contribution >= 4 is 40.6 Å². The Bertz CT molecular complexity index is 774. The number of phenols is 1. The Balaban J connectivity index is 2.34. The highest BCUT2D eigenvalue weighted by atomic mass is 32.2. The topological polar surface area (TPSA) is 127 Å². The minimum Gasteiger partial charge on any atom is -0.502 e. The first kappa shape index (κ1) is 17.5. The van der Waals surface area contributed by atoms with E-state index in [-0.39, 0.29) is 10.5 Å². The van der Waals surface area contributed by atoms with E-state index in [1.54, 1.807) is 0 Å². The summed E-state index contributed by atoms with van der Waals surface area (Å²) in [6, 6.07) is 2.47. The van der Waals surface area contributed by atoms with E-state index >= 15 is 0 Å². The number of hydrogen-bond donors (Lipinski definition) is 1. The van der Waals surface area contributed by atoms with Crippen LogP contribution in [0, 0.1) is 10.1 Å². The second kappa shape index (κ2) is 6.71. The fourth-order valence-electron chi connectivity index (χ4n) is 2.02. The lowest BCUT2D eigenvalue weighted by Crippen LogP contribution is -2.42. The SMILES string of the molecule is COC(=O)[C@H](C)N1C(=O)S/C(=C/c2ccc(O)c([N+](=O)[O-])c2)C1=O. The van der Waals surface area contributed by atoms with Crippen molar-refractivity contribution in [3.63, 3.8) is 0 Å². The average Bonchev–Trinajstić information content (AvgIpc) is 2.81. The van der Waals surface area contributed by atoms with Gasteiger partial charge in [0.1, 0.15) is 6.04 Å². The number of imide groups is 1. The van der Waals surface area contributed by atoms with Gasteiger partial charge in [0.15, 0.2) is 5.75 Å². The number of hydrogen-bond acceptors (Lipinski definition) is 8. The van der Waals surface area contributed by atoms with Crippen molar-refractivity contribution in [1.82, 2.24) is 4.90 Å². The number of phenolic OH excluding ortho intramolecular Hbond substituents is 1. The fourth-order valence-corrected chi connectivity index (χ4v) is 2.93. The molecular formula is C14H12N2O7S. The molecule has 24 heavy (non-hydrogen) atoms. The first-order chi connectivity index (χ1) is 11.3. The first-order valence-electron chi connectivity index (χ1n) is 6.58. The molecule has 2 amide bonds. The van der Waals surface area contributed by atoms with Crippen molar-refractivity contribution in [2.24, 2.45) is 0 Å². The summed E-state index contributed by atoms with van der Waals surface area (Å²) in [5.74, 6) is -1.94. The third-order valence-electron chi connectivity index (χ3n) is 3.25. The highest BCUT2D eigenvalue weighted by Gasteiger charge is 2.41. The lowest BCUT2D eigenvalue weighted by molar-refractivity contribution is -0.385. The van der Waals surface area contributed by atoms with Crippen LogP contribution in [0.5, 0.6) is 5.75 Å². The molecule has 1 fully saturated rings. The number of rotatable bonds is 4. The van der Waals surface area contributed by atoms with Gasteiger partial charge in [0.2, 0.25) is 0 Å². The molecular weight excluding hydrogens is 340 g/mol. The van der Waals surface area contributed by atoms with E-state index in [0.717, 1.165) is 24.1 Å². The number of nitro groups is 1. The van der Waals surface area contributed by atoms with Gasteiger partial charge in [-0.05, 0) is 36.4 Å². The first-order valence-corrected chi connectivity index (χ1v) is 7.40. The summed E-state index contributed by atoms with van der Waals surface area (Å²) in [5, 5.41) is 19.6. The van der Waals surface area contributed by atoms with Gasteiger partial charge in [0.05, 0.1) is 16.9 Å². The van der Waals surface area contributed by atoms with Gasteiger partial charge < -0.3 is 9.84 Å². The van der Waals surface area contributed by atoms with Gasteiger partial charge in [-0.2, -0.15) is 0 Å². The summed E-state index contributed by atoms with van der Waals surface area (Å²) in [5.41, 5.74) is -0.262. The number of thioether (sulfide) groups is 1. The second-order valence-corrected chi connectivity index (χ2v) is 5.75. The smallest absolute Gasteiger partial charge is 0.328 e. The summed E-state index contributed by atoms with van der Waals surface area (Å²) < 4.78 is 4.51. The molecule has 0 saturated carbocycles. The van der Waals surface area contributed by atoms with Crippen molar-refractivity contribution < 1.29 is 29.2 Å². The van der Waals surface area contributed by atoms with E-state index < -0.39 is 39.5 Å². The van der Waals surface area contributed by atoms with E-state index in [1.165, 1.54) is 19.1 Å². The highest BCUT2D eigenvalue weighted by molar-refractivity contribution is 8.18. The van der Waals surface area contributed by atoms with Crippen LogP contribution in [0.2, 0.25) is 0 Å². The predicted molar refractivity (Wildman–Crippen MR) is 84.0 cm³/mol. The molecule has 0 unspecified atom stereocenters. The number of nitro benzene ring substituents is 1. The van der Waals surface area contributed by atoms with Gasteiger partial charge in [0.25, 0.3) is 11.1 Å². The predicted octanol–water partition coefficient (Wildman–Crippen LogP) is 1.90. The van der Waals surface area contributed by atoms with Crippen molar-refractivity contribution in [1.29, 1.82) is 0 Å². The average molecular weight is 352 g/mol. The Morgan fingerprint density at radius 3 is 2.71 bits per heavy atom. The Morgan fingerprint density at radius 2 is 2.12 bits per heavy atom. The van der Waals surface area contributed by atoms with Crippen LogP contribution in [0.1, 0.15) is 12.5 Å². The van der Waals surface area contributed by atoms with Crippen molar-refractivity contribution in [2.45, 2.75) is 13.0 Å². The van der Waals surface area contributed by atoms with Gasteiger partial charge in [-0.3, -0.25) is 24.6 Å². The number of aromatic hydroxyl groups is 1. The highest BCUT2D eigenvalue weighted by Crippen LogP contribution is 2.35. The molecule has 0 aromatic heterocycles. The van der Waals surface area contributed by atoms with Crippen LogP contribution in [0.3, 0.4) is 0 Å². The van der Waals surface area contributed by atoms with E-state index in [4.69, 9.17) is 0 Å². The normalized spacial score (nSPS) is 17.2. The molecule has 0 radical (unpaired) electrons. The molecule has 1 aromatic carbocycles. The number of nitrogens with zero attached hydrogens (tertiary/aromatic N) is 2. The van der Waals surface area contributed by atoms with E-state index in [9.17, 15) is 29.6 Å². The summed E-state index contributed by atoms with van der Waals surface area (Å²) >= 11 is 0.610. The van der Waals surface area contributed by atoms with Crippen LogP contribution in [0.15, 0.2) is 23.1 Å². The Morgan fingerprint density at radius 1 is 1.46 bits per heavy atom. The number of ether oxygens (including phenoxy) is 1. The molecule has 10 heteroatoms. The summed E-state index contributed by atoms with van der Waals surface area (Å²) in [6.07, 6.45) is 1.28. The Labute approximate surface area is 140 Å². The Hall–Kier alpha value is -2.88. The maximum Gasteiger partial charge on any atom is 0.328 e. The van der Waals surface area contributed by atoms with Crippen LogP contribution >= 0.6 is 11.8 Å². The van der Waals surface area contributed by atoms with E-state index in [2.05, 4.69) is 4.74 Å². The fraction of sp³-hybridized carbons (Fsp3) is 0.214. The largest absolute Gasteiger partial charge is 0.502 e. The number of carbonyl (C=O) groups is 3. The molecule has 126 valence electrons.